The predicted octanol–water partition coefficient (Wildman–Crippen LogP) is -2.32. The van der Waals surface area contributed by atoms with Crippen LogP contribution in [-0.4, -0.2) is 25.9 Å². The molecule has 78 valence electrons. The number of hydrogen-bond donors (Lipinski definition) is 1. The average Bonchev–Trinajstić information content (AvgIpc) is 2.08. The normalized spacial score (nSPS) is 16.0. The van der Waals surface area contributed by atoms with Gasteiger partial charge >= 0.3 is 29.6 Å². The third-order valence-electron chi connectivity index (χ3n) is 1.41. The molecule has 1 N–H and O–H groups in total. The van der Waals surface area contributed by atoms with Crippen molar-refractivity contribution in [1.82, 2.24) is 0 Å². The number of carbonyl (C=O) groups is 2. The number of ketones is 1. The Labute approximate surface area is 108 Å². The molecule has 0 aromatic heterocycles. The van der Waals surface area contributed by atoms with Gasteiger partial charge in [-0.05, 0) is 12.8 Å². The molecule has 5 nitrogen and oxygen atoms in total. The molecule has 0 aromatic carbocycles. The smallest absolute Gasteiger partial charge is 0.750 e. The van der Waals surface area contributed by atoms with E-state index in [-0.39, 0.29) is 29.6 Å². The summed E-state index contributed by atoms with van der Waals surface area (Å²) in [4.78, 5) is 18.5. The molecular formula is C7H13NaO5S. The van der Waals surface area contributed by atoms with Crippen LogP contribution in [0.4, 0.5) is 0 Å². The Morgan fingerprint density at radius 3 is 1.64 bits per heavy atom. The Bertz CT molecular complexity index is 152. The summed E-state index contributed by atoms with van der Waals surface area (Å²) in [5, 5.41) is 0. The van der Waals surface area contributed by atoms with Crippen LogP contribution in [0.1, 0.15) is 32.1 Å². The van der Waals surface area contributed by atoms with E-state index in [1.165, 1.54) is 6.42 Å². The van der Waals surface area contributed by atoms with Gasteiger partial charge in [0.05, 0.1) is 11.4 Å². The Kier molecular flexibility index (Phi) is 22.6. The summed E-state index contributed by atoms with van der Waals surface area (Å²) in [7, 11) is 0. The van der Waals surface area contributed by atoms with Crippen molar-refractivity contribution in [3.8, 4) is 0 Å². The van der Waals surface area contributed by atoms with Crippen molar-refractivity contribution in [2.75, 3.05) is 0 Å². The van der Waals surface area contributed by atoms with E-state index in [4.69, 9.17) is 18.1 Å². The number of hydrogen-bond acceptors (Lipinski definition) is 4. The van der Waals surface area contributed by atoms with Gasteiger partial charge in [-0.1, -0.05) is 6.42 Å². The molecule has 0 bridgehead atoms. The van der Waals surface area contributed by atoms with Gasteiger partial charge in [-0.25, -0.2) is 4.21 Å². The van der Waals surface area contributed by atoms with Crippen molar-refractivity contribution < 1.29 is 52.5 Å². The number of Topliss-reactive ketones (excluding diaryl/α,β-unsaturated/α-hetero) is 1. The van der Waals surface area contributed by atoms with Gasteiger partial charge in [0.1, 0.15) is 12.6 Å². The molecule has 1 fully saturated rings. The summed E-state index contributed by atoms with van der Waals surface area (Å²) >= 11 is -2.86. The Morgan fingerprint density at radius 2 is 1.50 bits per heavy atom. The van der Waals surface area contributed by atoms with E-state index in [0.29, 0.717) is 5.78 Å². The zero-order chi connectivity index (χ0) is 10.7. The van der Waals surface area contributed by atoms with E-state index in [9.17, 15) is 4.79 Å². The molecule has 1 atom stereocenters. The monoisotopic (exact) mass is 232 g/mol. The molecule has 0 spiro atoms. The molecule has 1 saturated carbocycles. The molecule has 7 heteroatoms. The predicted molar refractivity (Wildman–Crippen MR) is 46.8 cm³/mol. The molecule has 0 radical (unpaired) electrons. The van der Waals surface area contributed by atoms with Crippen LogP contribution in [0, 0.1) is 0 Å². The molecule has 14 heavy (non-hydrogen) atoms. The fourth-order valence-electron chi connectivity index (χ4n) is 0.946. The van der Waals surface area contributed by atoms with Crippen LogP contribution in [0.2, 0.25) is 0 Å². The first-order valence-electron chi connectivity index (χ1n) is 3.72. The van der Waals surface area contributed by atoms with E-state index in [2.05, 4.69) is 0 Å². The zero-order valence-corrected chi connectivity index (χ0v) is 11.0. The maximum Gasteiger partial charge on any atom is 1.00 e. The second-order valence-corrected chi connectivity index (χ2v) is 2.75. The fraction of sp³-hybridized carbons (Fsp3) is 0.714. The van der Waals surface area contributed by atoms with Crippen molar-refractivity contribution in [2.24, 2.45) is 0 Å². The Hall–Kier alpha value is 0.410. The summed E-state index contributed by atoms with van der Waals surface area (Å²) in [6.45, 7) is 2.00. The van der Waals surface area contributed by atoms with Gasteiger partial charge in [-0.2, -0.15) is 0 Å². The first-order valence-corrected chi connectivity index (χ1v) is 4.75. The first-order chi connectivity index (χ1) is 6.13. The number of rotatable bonds is 0. The maximum absolute atomic E-state index is 10.5. The van der Waals surface area contributed by atoms with Gasteiger partial charge in [0.2, 0.25) is 0 Å². The Morgan fingerprint density at radius 1 is 1.21 bits per heavy atom. The van der Waals surface area contributed by atoms with Gasteiger partial charge in [0, 0.05) is 12.8 Å². The molecule has 0 amide bonds. The third-order valence-corrected chi connectivity index (χ3v) is 1.41. The van der Waals surface area contributed by atoms with Crippen molar-refractivity contribution in [2.45, 2.75) is 32.1 Å². The molecule has 0 aromatic rings. The molecular weight excluding hydrogens is 219 g/mol. The molecule has 1 unspecified atom stereocenters. The molecule has 1 aliphatic rings. The van der Waals surface area contributed by atoms with Gasteiger partial charge in [0.15, 0.2) is 0 Å². The molecule has 0 heterocycles. The summed E-state index contributed by atoms with van der Waals surface area (Å²) in [6.07, 6.45) is 5.24. The zero-order valence-electron chi connectivity index (χ0n) is 8.23. The van der Waals surface area contributed by atoms with E-state index in [1.54, 1.807) is 0 Å². The largest absolute Gasteiger partial charge is 1.00 e. The van der Waals surface area contributed by atoms with E-state index in [0.717, 1.165) is 25.7 Å². The van der Waals surface area contributed by atoms with Crippen molar-refractivity contribution in [1.29, 1.82) is 0 Å². The van der Waals surface area contributed by atoms with Crippen molar-refractivity contribution >= 4 is 23.9 Å². The van der Waals surface area contributed by atoms with Crippen LogP contribution in [0.25, 0.3) is 0 Å². The quantitative estimate of drug-likeness (QED) is 0.373. The van der Waals surface area contributed by atoms with E-state index in [1.807, 2.05) is 6.79 Å². The van der Waals surface area contributed by atoms with Crippen molar-refractivity contribution in [3.63, 3.8) is 0 Å². The van der Waals surface area contributed by atoms with Crippen LogP contribution in [0.15, 0.2) is 0 Å². The van der Waals surface area contributed by atoms with Gasteiger partial charge < -0.3 is 13.9 Å². The van der Waals surface area contributed by atoms with E-state index >= 15 is 0 Å². The van der Waals surface area contributed by atoms with Crippen LogP contribution >= 0.6 is 0 Å². The second-order valence-electron chi connectivity index (χ2n) is 2.32. The van der Waals surface area contributed by atoms with E-state index < -0.39 is 11.4 Å². The average molecular weight is 232 g/mol. The SMILES string of the molecule is C=O.O=C1CCCCC1.O=S([O-])O.[Na+]. The summed E-state index contributed by atoms with van der Waals surface area (Å²) in [5.41, 5.74) is 0. The maximum atomic E-state index is 10.5. The summed E-state index contributed by atoms with van der Waals surface area (Å²) in [6, 6.07) is 0. The van der Waals surface area contributed by atoms with Crippen molar-refractivity contribution in [3.05, 3.63) is 0 Å². The minimum absolute atomic E-state index is 0. The van der Waals surface area contributed by atoms with Gasteiger partial charge in [0.25, 0.3) is 0 Å². The fourth-order valence-corrected chi connectivity index (χ4v) is 0.946. The molecule has 1 aliphatic carbocycles. The standard InChI is InChI=1S/C6H10O.CH2O.Na.H2O3S/c7-6-4-2-1-3-5-6;1-2;;1-4(2)3/h1-5H2;1H2;;(H2,1,2,3)/q;;+1;/p-1. The molecule has 0 aliphatic heterocycles. The minimum atomic E-state index is -2.86. The van der Waals surface area contributed by atoms with Crippen LogP contribution < -0.4 is 29.6 Å². The second kappa shape index (κ2) is 15.9. The number of carbonyl (C=O) groups excluding carboxylic acids is 2. The van der Waals surface area contributed by atoms with Gasteiger partial charge in [-0.15, -0.1) is 0 Å². The Balaban J connectivity index is -0.000000152. The van der Waals surface area contributed by atoms with Gasteiger partial charge in [-0.3, -0.25) is 4.79 Å². The first kappa shape index (κ1) is 19.9. The molecule has 0 saturated heterocycles. The molecule has 1 rings (SSSR count). The van der Waals surface area contributed by atoms with Crippen LogP contribution in [-0.2, 0) is 21.0 Å². The van der Waals surface area contributed by atoms with Crippen LogP contribution in [0.5, 0.6) is 0 Å². The topological polar surface area (TPSA) is 94.5 Å². The summed E-state index contributed by atoms with van der Waals surface area (Å²) < 4.78 is 24.1. The summed E-state index contributed by atoms with van der Waals surface area (Å²) in [5.74, 6) is 0.464. The van der Waals surface area contributed by atoms with Crippen LogP contribution in [0.3, 0.4) is 0 Å². The minimum Gasteiger partial charge on any atom is -0.750 e. The third kappa shape index (κ3) is 22.8.